The molecule has 0 radical (unpaired) electrons. The summed E-state index contributed by atoms with van der Waals surface area (Å²) in [4.78, 5) is 13.7. The monoisotopic (exact) mass is 418 g/mol. The van der Waals surface area contributed by atoms with Gasteiger partial charge in [0.05, 0.1) is 44.2 Å². The Morgan fingerprint density at radius 2 is 1.72 bits per heavy atom. The van der Waals surface area contributed by atoms with Gasteiger partial charge in [-0.25, -0.2) is 8.42 Å². The van der Waals surface area contributed by atoms with E-state index in [0.717, 1.165) is 10.5 Å². The lowest BCUT2D eigenvalue weighted by molar-refractivity contribution is -0.895. The van der Waals surface area contributed by atoms with Crippen molar-refractivity contribution < 1.29 is 22.8 Å². The molecule has 1 heterocycles. The molecule has 1 saturated heterocycles. The highest BCUT2D eigenvalue weighted by Crippen LogP contribution is 2.19. The van der Waals surface area contributed by atoms with E-state index in [9.17, 15) is 13.2 Å². The standard InChI is InChI=1S/C21H27N3O4S/c1-17(18-6-4-3-5-7-18)22-21(25)16-23-12-14-24(15-13-23)29(26,27)20-10-8-19(28-2)9-11-20/h3-11,17H,12-16H2,1-2H3,(H,22,25)/p+1/t17-/m1/s1. The molecule has 7 nitrogen and oxygen atoms in total. The van der Waals surface area contributed by atoms with Crippen molar-refractivity contribution in [1.82, 2.24) is 9.62 Å². The van der Waals surface area contributed by atoms with Crippen LogP contribution in [0.2, 0.25) is 0 Å². The lowest BCUT2D eigenvalue weighted by Gasteiger charge is -2.31. The number of benzene rings is 2. The molecule has 0 bridgehead atoms. The van der Waals surface area contributed by atoms with Crippen LogP contribution in [-0.2, 0) is 14.8 Å². The number of methoxy groups -OCH3 is 1. The highest BCUT2D eigenvalue weighted by Gasteiger charge is 2.31. The van der Waals surface area contributed by atoms with E-state index in [-0.39, 0.29) is 16.8 Å². The molecule has 0 unspecified atom stereocenters. The average Bonchev–Trinajstić information content (AvgIpc) is 2.74. The number of carbonyl (C=O) groups is 1. The van der Waals surface area contributed by atoms with Gasteiger partial charge in [-0.3, -0.25) is 4.79 Å². The maximum atomic E-state index is 12.8. The molecular weight excluding hydrogens is 390 g/mol. The Hall–Kier alpha value is -2.42. The molecule has 156 valence electrons. The SMILES string of the molecule is COc1ccc(S(=O)(=O)N2CC[NH+](CC(=O)N[C@H](C)c3ccccc3)CC2)cc1. The van der Waals surface area contributed by atoms with E-state index in [4.69, 9.17) is 4.74 Å². The zero-order valence-electron chi connectivity index (χ0n) is 16.8. The Morgan fingerprint density at radius 3 is 2.31 bits per heavy atom. The van der Waals surface area contributed by atoms with Gasteiger partial charge in [-0.15, -0.1) is 0 Å². The van der Waals surface area contributed by atoms with E-state index in [2.05, 4.69) is 5.32 Å². The Kier molecular flexibility index (Phi) is 6.89. The van der Waals surface area contributed by atoms with Crippen LogP contribution >= 0.6 is 0 Å². The van der Waals surface area contributed by atoms with E-state index in [1.54, 1.807) is 31.4 Å². The highest BCUT2D eigenvalue weighted by atomic mass is 32.2. The van der Waals surface area contributed by atoms with Crippen molar-refractivity contribution in [2.75, 3.05) is 39.8 Å². The molecule has 1 aliphatic rings. The summed E-state index contributed by atoms with van der Waals surface area (Å²) in [6, 6.07) is 16.2. The first-order valence-electron chi connectivity index (χ1n) is 9.72. The van der Waals surface area contributed by atoms with Crippen LogP contribution in [0, 0.1) is 0 Å². The lowest BCUT2D eigenvalue weighted by atomic mass is 10.1. The molecule has 2 aromatic rings. The van der Waals surface area contributed by atoms with Crippen molar-refractivity contribution in [3.8, 4) is 5.75 Å². The number of nitrogens with one attached hydrogen (secondary N) is 2. The van der Waals surface area contributed by atoms with Gasteiger partial charge in [0.15, 0.2) is 6.54 Å². The molecule has 0 aromatic heterocycles. The smallest absolute Gasteiger partial charge is 0.275 e. The van der Waals surface area contributed by atoms with Crippen LogP contribution in [0.25, 0.3) is 0 Å². The summed E-state index contributed by atoms with van der Waals surface area (Å²) in [7, 11) is -1.99. The van der Waals surface area contributed by atoms with E-state index in [0.29, 0.717) is 38.5 Å². The molecular formula is C21H28N3O4S+. The summed E-state index contributed by atoms with van der Waals surface area (Å²) in [5.74, 6) is 0.594. The second-order valence-corrected chi connectivity index (χ2v) is 9.14. The van der Waals surface area contributed by atoms with Crippen LogP contribution in [0.4, 0.5) is 0 Å². The second-order valence-electron chi connectivity index (χ2n) is 7.21. The fraction of sp³-hybridized carbons (Fsp3) is 0.381. The van der Waals surface area contributed by atoms with Gasteiger partial charge in [-0.2, -0.15) is 4.31 Å². The summed E-state index contributed by atoms with van der Waals surface area (Å²) >= 11 is 0. The minimum atomic E-state index is -3.53. The van der Waals surface area contributed by atoms with E-state index < -0.39 is 10.0 Å². The Labute approximate surface area is 172 Å². The number of rotatable bonds is 7. The second kappa shape index (κ2) is 9.39. The Morgan fingerprint density at radius 1 is 1.10 bits per heavy atom. The molecule has 2 aromatic carbocycles. The molecule has 1 atom stereocenters. The predicted octanol–water partition coefficient (Wildman–Crippen LogP) is 0.462. The van der Waals surface area contributed by atoms with E-state index in [1.807, 2.05) is 37.3 Å². The topological polar surface area (TPSA) is 80.2 Å². The fourth-order valence-electron chi connectivity index (χ4n) is 3.46. The van der Waals surface area contributed by atoms with Crippen molar-refractivity contribution >= 4 is 15.9 Å². The Balaban J connectivity index is 1.51. The van der Waals surface area contributed by atoms with Crippen molar-refractivity contribution in [2.45, 2.75) is 17.9 Å². The summed E-state index contributed by atoms with van der Waals surface area (Å²) in [5, 5.41) is 3.02. The molecule has 0 saturated carbocycles. The number of amides is 1. The minimum Gasteiger partial charge on any atom is -0.497 e. The first kappa shape index (κ1) is 21.3. The molecule has 1 amide bonds. The highest BCUT2D eigenvalue weighted by molar-refractivity contribution is 7.89. The number of nitrogens with zero attached hydrogens (tertiary/aromatic N) is 1. The van der Waals surface area contributed by atoms with Gasteiger partial charge in [0, 0.05) is 0 Å². The number of carbonyl (C=O) groups excluding carboxylic acids is 1. The normalized spacial score (nSPS) is 16.9. The third-order valence-corrected chi connectivity index (χ3v) is 7.13. The third kappa shape index (κ3) is 5.35. The van der Waals surface area contributed by atoms with Crippen molar-refractivity contribution in [1.29, 1.82) is 0 Å². The van der Waals surface area contributed by atoms with Crippen LogP contribution in [0.15, 0.2) is 59.5 Å². The number of quaternary nitrogens is 1. The van der Waals surface area contributed by atoms with Crippen LogP contribution in [0.1, 0.15) is 18.5 Å². The van der Waals surface area contributed by atoms with Crippen molar-refractivity contribution in [2.24, 2.45) is 0 Å². The first-order valence-corrected chi connectivity index (χ1v) is 11.2. The third-order valence-electron chi connectivity index (χ3n) is 5.21. The maximum absolute atomic E-state index is 12.8. The molecule has 2 N–H and O–H groups in total. The fourth-order valence-corrected chi connectivity index (χ4v) is 4.90. The summed E-state index contributed by atoms with van der Waals surface area (Å²) in [6.07, 6.45) is 0. The summed E-state index contributed by atoms with van der Waals surface area (Å²) in [5.41, 5.74) is 1.06. The van der Waals surface area contributed by atoms with Gasteiger partial charge >= 0.3 is 0 Å². The first-order chi connectivity index (χ1) is 13.9. The molecule has 29 heavy (non-hydrogen) atoms. The molecule has 8 heteroatoms. The van der Waals surface area contributed by atoms with Gasteiger partial charge < -0.3 is 15.0 Å². The quantitative estimate of drug-likeness (QED) is 0.685. The number of ether oxygens (including phenoxy) is 1. The predicted molar refractivity (Wildman–Crippen MR) is 110 cm³/mol. The average molecular weight is 419 g/mol. The number of piperazine rings is 1. The van der Waals surface area contributed by atoms with Gasteiger partial charge in [0.2, 0.25) is 10.0 Å². The maximum Gasteiger partial charge on any atom is 0.275 e. The van der Waals surface area contributed by atoms with Crippen molar-refractivity contribution in [3.63, 3.8) is 0 Å². The number of hydrogen-bond acceptors (Lipinski definition) is 4. The Bertz CT molecular complexity index is 909. The van der Waals surface area contributed by atoms with E-state index >= 15 is 0 Å². The van der Waals surface area contributed by atoms with Crippen LogP contribution < -0.4 is 15.0 Å². The molecule has 1 fully saturated rings. The van der Waals surface area contributed by atoms with Crippen LogP contribution in [-0.4, -0.2) is 58.5 Å². The molecule has 0 spiro atoms. The largest absolute Gasteiger partial charge is 0.497 e. The minimum absolute atomic E-state index is 0.0252. The zero-order chi connectivity index (χ0) is 20.9. The molecule has 0 aliphatic carbocycles. The van der Waals surface area contributed by atoms with E-state index in [1.165, 1.54) is 4.31 Å². The summed E-state index contributed by atoms with van der Waals surface area (Å²) in [6.45, 7) is 4.29. The van der Waals surface area contributed by atoms with Gasteiger partial charge in [0.25, 0.3) is 5.91 Å². The van der Waals surface area contributed by atoms with Gasteiger partial charge in [0.1, 0.15) is 5.75 Å². The van der Waals surface area contributed by atoms with Crippen LogP contribution in [0.3, 0.4) is 0 Å². The zero-order valence-corrected chi connectivity index (χ0v) is 17.6. The lowest BCUT2D eigenvalue weighted by Crippen LogP contribution is -3.15. The van der Waals surface area contributed by atoms with Gasteiger partial charge in [-0.05, 0) is 36.8 Å². The van der Waals surface area contributed by atoms with Crippen LogP contribution in [0.5, 0.6) is 5.75 Å². The number of sulfonamides is 1. The molecule has 1 aliphatic heterocycles. The number of hydrogen-bond donors (Lipinski definition) is 2. The van der Waals surface area contributed by atoms with Gasteiger partial charge in [-0.1, -0.05) is 30.3 Å². The summed E-state index contributed by atoms with van der Waals surface area (Å²) < 4.78 is 32.2. The molecule has 3 rings (SSSR count). The van der Waals surface area contributed by atoms with Crippen molar-refractivity contribution in [3.05, 3.63) is 60.2 Å².